The van der Waals surface area contributed by atoms with Gasteiger partial charge in [-0.2, -0.15) is 4.98 Å². The molecule has 0 atom stereocenters. The molecule has 112 valence electrons. The Bertz CT molecular complexity index is 696. The number of nitrogen functional groups attached to an aromatic ring is 3. The van der Waals surface area contributed by atoms with Gasteiger partial charge < -0.3 is 22.3 Å². The van der Waals surface area contributed by atoms with Crippen LogP contribution in [0.25, 0.3) is 11.1 Å². The molecule has 0 bridgehead atoms. The van der Waals surface area contributed by atoms with Crippen LogP contribution in [0.15, 0.2) is 0 Å². The monoisotopic (exact) mass is 287 g/mol. The second-order valence-electron chi connectivity index (χ2n) is 5.24. The summed E-state index contributed by atoms with van der Waals surface area (Å²) in [5.74, 6) is 0.320. The summed E-state index contributed by atoms with van der Waals surface area (Å²) in [5, 5.41) is 9.58. The molecule has 0 saturated heterocycles. The van der Waals surface area contributed by atoms with E-state index in [9.17, 15) is 5.11 Å². The molecule has 0 aliphatic carbocycles. The molecule has 0 spiro atoms. The standard InChI is InChI=1S/C15H21N5O/c1-6-8(3)13(16)9(4)7(2)11(6)12-10(5-21)19-15(18)20-14(12)17/h21H,5,16H2,1-4H3,(H4,17,18,19,20). The average molecular weight is 287 g/mol. The summed E-state index contributed by atoms with van der Waals surface area (Å²) in [4.78, 5) is 8.12. The van der Waals surface area contributed by atoms with E-state index >= 15 is 0 Å². The van der Waals surface area contributed by atoms with Crippen molar-refractivity contribution in [3.05, 3.63) is 27.9 Å². The van der Waals surface area contributed by atoms with Gasteiger partial charge in [0.05, 0.1) is 12.3 Å². The molecule has 0 fully saturated rings. The molecular weight excluding hydrogens is 266 g/mol. The van der Waals surface area contributed by atoms with Gasteiger partial charge in [0.25, 0.3) is 0 Å². The summed E-state index contributed by atoms with van der Waals surface area (Å²) in [5.41, 5.74) is 24.5. The Kier molecular flexibility index (Phi) is 3.74. The van der Waals surface area contributed by atoms with Crippen LogP contribution >= 0.6 is 0 Å². The Morgan fingerprint density at radius 1 is 0.810 bits per heavy atom. The Morgan fingerprint density at radius 3 is 1.81 bits per heavy atom. The normalized spacial score (nSPS) is 10.9. The maximum absolute atomic E-state index is 9.58. The highest BCUT2D eigenvalue weighted by molar-refractivity contribution is 5.85. The summed E-state index contributed by atoms with van der Waals surface area (Å²) in [6.45, 7) is 7.63. The molecule has 0 radical (unpaired) electrons. The van der Waals surface area contributed by atoms with E-state index < -0.39 is 0 Å². The van der Waals surface area contributed by atoms with E-state index in [4.69, 9.17) is 17.2 Å². The minimum absolute atomic E-state index is 0.0551. The number of aliphatic hydroxyl groups is 1. The lowest BCUT2D eigenvalue weighted by molar-refractivity contribution is 0.277. The Labute approximate surface area is 124 Å². The molecule has 0 saturated carbocycles. The van der Waals surface area contributed by atoms with Crippen molar-refractivity contribution in [1.29, 1.82) is 0 Å². The van der Waals surface area contributed by atoms with Crippen LogP contribution in [0.4, 0.5) is 17.5 Å². The number of aromatic nitrogens is 2. The fourth-order valence-corrected chi connectivity index (χ4v) is 2.65. The van der Waals surface area contributed by atoms with E-state index in [-0.39, 0.29) is 18.4 Å². The first kappa shape index (κ1) is 15.1. The highest BCUT2D eigenvalue weighted by Crippen LogP contribution is 2.39. The zero-order valence-electron chi connectivity index (χ0n) is 12.8. The third kappa shape index (κ3) is 2.27. The average Bonchev–Trinajstić information content (AvgIpc) is 2.44. The largest absolute Gasteiger partial charge is 0.398 e. The fourth-order valence-electron chi connectivity index (χ4n) is 2.65. The Hall–Kier alpha value is -2.34. The van der Waals surface area contributed by atoms with Gasteiger partial charge in [-0.3, -0.25) is 0 Å². The quantitative estimate of drug-likeness (QED) is 0.622. The predicted molar refractivity (Wildman–Crippen MR) is 85.6 cm³/mol. The van der Waals surface area contributed by atoms with Crippen molar-refractivity contribution in [2.75, 3.05) is 17.2 Å². The minimum Gasteiger partial charge on any atom is -0.398 e. The molecule has 0 aliphatic heterocycles. The summed E-state index contributed by atoms with van der Waals surface area (Å²) < 4.78 is 0. The zero-order valence-corrected chi connectivity index (χ0v) is 12.8. The van der Waals surface area contributed by atoms with Crippen LogP contribution < -0.4 is 17.2 Å². The van der Waals surface area contributed by atoms with Gasteiger partial charge in [-0.25, -0.2) is 4.98 Å². The van der Waals surface area contributed by atoms with Gasteiger partial charge in [0.15, 0.2) is 0 Å². The fraction of sp³-hybridized carbons (Fsp3) is 0.333. The van der Waals surface area contributed by atoms with Gasteiger partial charge in [-0.15, -0.1) is 0 Å². The molecular formula is C15H21N5O. The van der Waals surface area contributed by atoms with Crippen molar-refractivity contribution in [1.82, 2.24) is 9.97 Å². The predicted octanol–water partition coefficient (Wildman–Crippen LogP) is 1.62. The SMILES string of the molecule is Cc1c(C)c(-c2c(N)nc(N)nc2CO)c(C)c(C)c1N. The van der Waals surface area contributed by atoms with E-state index in [0.717, 1.165) is 33.5 Å². The topological polar surface area (TPSA) is 124 Å². The van der Waals surface area contributed by atoms with Gasteiger partial charge in [0, 0.05) is 11.3 Å². The lowest BCUT2D eigenvalue weighted by Crippen LogP contribution is -2.10. The van der Waals surface area contributed by atoms with Crippen LogP contribution in [0, 0.1) is 27.7 Å². The van der Waals surface area contributed by atoms with E-state index in [0.29, 0.717) is 11.3 Å². The third-order valence-electron chi connectivity index (χ3n) is 4.11. The molecule has 2 rings (SSSR count). The Morgan fingerprint density at radius 2 is 1.33 bits per heavy atom. The maximum atomic E-state index is 9.58. The lowest BCUT2D eigenvalue weighted by atomic mass is 9.87. The minimum atomic E-state index is -0.256. The Balaban J connectivity index is 2.92. The molecule has 7 N–H and O–H groups in total. The van der Waals surface area contributed by atoms with Gasteiger partial charge in [0.1, 0.15) is 5.82 Å². The first-order chi connectivity index (χ1) is 9.79. The first-order valence-electron chi connectivity index (χ1n) is 6.68. The summed E-state index contributed by atoms with van der Waals surface area (Å²) in [6.07, 6.45) is 0. The number of rotatable bonds is 2. The zero-order chi connectivity index (χ0) is 15.9. The number of nitrogens with zero attached hydrogens (tertiary/aromatic N) is 2. The van der Waals surface area contributed by atoms with Crippen molar-refractivity contribution in [2.24, 2.45) is 0 Å². The number of aliphatic hydroxyl groups excluding tert-OH is 1. The molecule has 1 aromatic heterocycles. The van der Waals surface area contributed by atoms with Crippen molar-refractivity contribution in [3.63, 3.8) is 0 Å². The van der Waals surface area contributed by atoms with Crippen LogP contribution in [0.1, 0.15) is 27.9 Å². The molecule has 1 aromatic carbocycles. The maximum Gasteiger partial charge on any atom is 0.222 e. The number of anilines is 3. The van der Waals surface area contributed by atoms with E-state index in [1.54, 1.807) is 0 Å². The van der Waals surface area contributed by atoms with Crippen molar-refractivity contribution < 1.29 is 5.11 Å². The lowest BCUT2D eigenvalue weighted by Gasteiger charge is -2.20. The second kappa shape index (κ2) is 5.21. The third-order valence-corrected chi connectivity index (χ3v) is 4.11. The molecule has 21 heavy (non-hydrogen) atoms. The van der Waals surface area contributed by atoms with Crippen LogP contribution in [0.3, 0.4) is 0 Å². The number of hydrogen-bond donors (Lipinski definition) is 4. The molecule has 2 aromatic rings. The van der Waals surface area contributed by atoms with Crippen LogP contribution in [0.2, 0.25) is 0 Å². The van der Waals surface area contributed by atoms with Crippen LogP contribution in [-0.2, 0) is 6.61 Å². The molecule has 0 aliphatic rings. The molecule has 0 amide bonds. The van der Waals surface area contributed by atoms with Gasteiger partial charge in [0.2, 0.25) is 5.95 Å². The highest BCUT2D eigenvalue weighted by atomic mass is 16.3. The second-order valence-corrected chi connectivity index (χ2v) is 5.24. The molecule has 0 unspecified atom stereocenters. The van der Waals surface area contributed by atoms with Crippen molar-refractivity contribution >= 4 is 17.5 Å². The van der Waals surface area contributed by atoms with Crippen LogP contribution in [0.5, 0.6) is 0 Å². The van der Waals surface area contributed by atoms with Crippen molar-refractivity contribution in [3.8, 4) is 11.1 Å². The summed E-state index contributed by atoms with van der Waals surface area (Å²) >= 11 is 0. The number of nitrogens with two attached hydrogens (primary N) is 3. The first-order valence-corrected chi connectivity index (χ1v) is 6.68. The van der Waals surface area contributed by atoms with E-state index in [1.807, 2.05) is 27.7 Å². The van der Waals surface area contributed by atoms with Gasteiger partial charge in [-0.05, 0) is 55.5 Å². The van der Waals surface area contributed by atoms with Crippen molar-refractivity contribution in [2.45, 2.75) is 34.3 Å². The molecule has 6 heteroatoms. The van der Waals surface area contributed by atoms with E-state index in [1.165, 1.54) is 0 Å². The number of hydrogen-bond acceptors (Lipinski definition) is 6. The molecule has 1 heterocycles. The van der Waals surface area contributed by atoms with Gasteiger partial charge >= 0.3 is 0 Å². The number of benzene rings is 1. The highest BCUT2D eigenvalue weighted by Gasteiger charge is 2.20. The summed E-state index contributed by atoms with van der Waals surface area (Å²) in [7, 11) is 0. The smallest absolute Gasteiger partial charge is 0.222 e. The molecule has 6 nitrogen and oxygen atoms in total. The van der Waals surface area contributed by atoms with Crippen LogP contribution in [-0.4, -0.2) is 15.1 Å². The van der Waals surface area contributed by atoms with Gasteiger partial charge in [-0.1, -0.05) is 0 Å². The summed E-state index contributed by atoms with van der Waals surface area (Å²) in [6, 6.07) is 0. The van der Waals surface area contributed by atoms with E-state index in [2.05, 4.69) is 9.97 Å².